The molecule has 0 radical (unpaired) electrons. The van der Waals surface area contributed by atoms with Gasteiger partial charge in [-0.2, -0.15) is 13.2 Å². The van der Waals surface area contributed by atoms with E-state index in [0.717, 1.165) is 18.4 Å². The molecule has 1 atom stereocenters. The van der Waals surface area contributed by atoms with Crippen molar-refractivity contribution in [1.29, 1.82) is 0 Å². The molecule has 5 nitrogen and oxygen atoms in total. The minimum Gasteiger partial charge on any atom is -0.352 e. The van der Waals surface area contributed by atoms with Crippen molar-refractivity contribution in [2.75, 3.05) is 17.1 Å². The number of hydrogen-bond donors (Lipinski definition) is 1. The van der Waals surface area contributed by atoms with Gasteiger partial charge >= 0.3 is 6.18 Å². The van der Waals surface area contributed by atoms with Gasteiger partial charge < -0.3 is 5.32 Å². The zero-order valence-electron chi connectivity index (χ0n) is 14.2. The van der Waals surface area contributed by atoms with Crippen molar-refractivity contribution in [1.82, 2.24) is 5.32 Å². The number of rotatable bonds is 6. The van der Waals surface area contributed by atoms with Gasteiger partial charge in [0, 0.05) is 6.04 Å². The van der Waals surface area contributed by atoms with Crippen LogP contribution in [0.3, 0.4) is 0 Å². The van der Waals surface area contributed by atoms with Crippen molar-refractivity contribution < 1.29 is 26.4 Å². The van der Waals surface area contributed by atoms with E-state index >= 15 is 0 Å². The van der Waals surface area contributed by atoms with E-state index in [1.807, 2.05) is 13.8 Å². The van der Waals surface area contributed by atoms with Crippen LogP contribution in [-0.4, -0.2) is 33.2 Å². The minimum atomic E-state index is -4.67. The maximum atomic E-state index is 12.9. The van der Waals surface area contributed by atoms with E-state index in [4.69, 9.17) is 11.6 Å². The molecule has 0 aliphatic carbocycles. The van der Waals surface area contributed by atoms with E-state index in [1.54, 1.807) is 6.92 Å². The Labute approximate surface area is 150 Å². The van der Waals surface area contributed by atoms with Crippen LogP contribution in [0.4, 0.5) is 18.9 Å². The standard InChI is InChI=1S/C15H20ClF3N2O3S/c1-9(2)10(3)20-14(22)8-21(25(4,23)24)13-7-11(15(17,18)19)5-6-12(13)16/h5-7,9-10H,8H2,1-4H3,(H,20,22). The molecule has 0 aliphatic heterocycles. The Morgan fingerprint density at radius 1 is 1.28 bits per heavy atom. The highest BCUT2D eigenvalue weighted by molar-refractivity contribution is 7.92. The van der Waals surface area contributed by atoms with Gasteiger partial charge in [0.1, 0.15) is 6.54 Å². The number of carbonyl (C=O) groups excluding carboxylic acids is 1. The summed E-state index contributed by atoms with van der Waals surface area (Å²) in [5.74, 6) is -0.534. The van der Waals surface area contributed by atoms with Crippen LogP contribution in [0.1, 0.15) is 26.3 Å². The Morgan fingerprint density at radius 3 is 2.28 bits per heavy atom. The number of halogens is 4. The molecule has 1 unspecified atom stereocenters. The normalized spacial score (nSPS) is 13.6. The lowest BCUT2D eigenvalue weighted by atomic mass is 10.1. The third-order valence-corrected chi connectivity index (χ3v) is 5.06. The summed E-state index contributed by atoms with van der Waals surface area (Å²) in [4.78, 5) is 12.1. The fourth-order valence-corrected chi connectivity index (χ4v) is 2.99. The molecule has 1 aromatic carbocycles. The summed E-state index contributed by atoms with van der Waals surface area (Å²) in [7, 11) is -4.03. The van der Waals surface area contributed by atoms with Crippen molar-refractivity contribution >= 4 is 33.2 Å². The van der Waals surface area contributed by atoms with E-state index < -0.39 is 39.9 Å². The Kier molecular flexibility index (Phi) is 6.74. The maximum absolute atomic E-state index is 12.9. The molecule has 0 spiro atoms. The number of amides is 1. The lowest BCUT2D eigenvalue weighted by molar-refractivity contribution is -0.137. The van der Waals surface area contributed by atoms with Gasteiger partial charge in [-0.05, 0) is 31.0 Å². The first-order valence-corrected chi connectivity index (χ1v) is 9.60. The topological polar surface area (TPSA) is 66.5 Å². The largest absolute Gasteiger partial charge is 0.416 e. The summed E-state index contributed by atoms with van der Waals surface area (Å²) in [6.07, 6.45) is -3.88. The zero-order chi connectivity index (χ0) is 19.6. The molecular formula is C15H20ClF3N2O3S. The lowest BCUT2D eigenvalue weighted by Crippen LogP contribution is -2.44. The zero-order valence-corrected chi connectivity index (χ0v) is 15.8. The van der Waals surface area contributed by atoms with Gasteiger partial charge in [0.05, 0.1) is 22.5 Å². The highest BCUT2D eigenvalue weighted by Gasteiger charge is 2.33. The molecule has 0 bridgehead atoms. The molecule has 10 heteroatoms. The number of alkyl halides is 3. The molecule has 0 fully saturated rings. The summed E-state index contributed by atoms with van der Waals surface area (Å²) in [5, 5.41) is 2.40. The monoisotopic (exact) mass is 400 g/mol. The summed E-state index contributed by atoms with van der Waals surface area (Å²) in [6.45, 7) is 4.80. The number of sulfonamides is 1. The molecule has 1 N–H and O–H groups in total. The van der Waals surface area contributed by atoms with E-state index in [9.17, 15) is 26.4 Å². The average Bonchev–Trinajstić information content (AvgIpc) is 2.43. The predicted octanol–water partition coefficient (Wildman–Crippen LogP) is 3.29. The van der Waals surface area contributed by atoms with Gasteiger partial charge in [-0.15, -0.1) is 0 Å². The van der Waals surface area contributed by atoms with Crippen molar-refractivity contribution in [2.24, 2.45) is 5.92 Å². The molecule has 0 heterocycles. The van der Waals surface area contributed by atoms with Crippen molar-refractivity contribution in [3.63, 3.8) is 0 Å². The fourth-order valence-electron chi connectivity index (χ4n) is 1.86. The van der Waals surface area contributed by atoms with Crippen LogP contribution in [0.2, 0.25) is 5.02 Å². The molecule has 1 amide bonds. The second-order valence-electron chi connectivity index (χ2n) is 6.03. The van der Waals surface area contributed by atoms with Gasteiger partial charge in [0.15, 0.2) is 0 Å². The summed E-state index contributed by atoms with van der Waals surface area (Å²) >= 11 is 5.88. The summed E-state index contributed by atoms with van der Waals surface area (Å²) < 4.78 is 63.3. The molecule has 0 aliphatic rings. The van der Waals surface area contributed by atoms with Crippen LogP contribution in [-0.2, 0) is 21.0 Å². The molecule has 25 heavy (non-hydrogen) atoms. The van der Waals surface area contributed by atoms with E-state index in [-0.39, 0.29) is 17.0 Å². The fraction of sp³-hybridized carbons (Fsp3) is 0.533. The predicted molar refractivity (Wildman–Crippen MR) is 91.1 cm³/mol. The van der Waals surface area contributed by atoms with Gasteiger partial charge in [-0.1, -0.05) is 25.4 Å². The van der Waals surface area contributed by atoms with Crippen LogP contribution in [0.15, 0.2) is 18.2 Å². The first-order valence-electron chi connectivity index (χ1n) is 7.37. The van der Waals surface area contributed by atoms with E-state index in [2.05, 4.69) is 5.32 Å². The molecule has 0 saturated heterocycles. The average molecular weight is 401 g/mol. The Hall–Kier alpha value is -1.48. The summed E-state index contributed by atoms with van der Waals surface area (Å²) in [5.41, 5.74) is -1.46. The molecule has 1 rings (SSSR count). The first kappa shape index (κ1) is 21.6. The smallest absolute Gasteiger partial charge is 0.352 e. The third kappa shape index (κ3) is 6.07. The first-order chi connectivity index (χ1) is 11.2. The molecule has 1 aromatic rings. The number of hydrogen-bond acceptors (Lipinski definition) is 3. The van der Waals surface area contributed by atoms with Gasteiger partial charge in [-0.25, -0.2) is 8.42 Å². The Morgan fingerprint density at radius 2 is 1.84 bits per heavy atom. The minimum absolute atomic E-state index is 0.104. The number of benzene rings is 1. The van der Waals surface area contributed by atoms with Gasteiger partial charge in [0.25, 0.3) is 0 Å². The second-order valence-corrected chi connectivity index (χ2v) is 8.35. The highest BCUT2D eigenvalue weighted by atomic mass is 35.5. The number of anilines is 1. The summed E-state index contributed by atoms with van der Waals surface area (Å²) in [6, 6.07) is 2.08. The van der Waals surface area contributed by atoms with E-state index in [1.165, 1.54) is 0 Å². The number of nitrogens with zero attached hydrogens (tertiary/aromatic N) is 1. The Balaban J connectivity index is 3.23. The van der Waals surface area contributed by atoms with E-state index in [0.29, 0.717) is 10.4 Å². The lowest BCUT2D eigenvalue weighted by Gasteiger charge is -2.25. The number of nitrogens with one attached hydrogen (secondary N) is 1. The molecule has 0 saturated carbocycles. The van der Waals surface area contributed by atoms with Crippen LogP contribution in [0.25, 0.3) is 0 Å². The van der Waals surface area contributed by atoms with Gasteiger partial charge in [0.2, 0.25) is 15.9 Å². The van der Waals surface area contributed by atoms with Crippen LogP contribution in [0.5, 0.6) is 0 Å². The van der Waals surface area contributed by atoms with Crippen molar-refractivity contribution in [3.8, 4) is 0 Å². The Bertz CT molecular complexity index is 736. The molecule has 0 aromatic heterocycles. The van der Waals surface area contributed by atoms with Gasteiger partial charge in [-0.3, -0.25) is 9.10 Å². The number of carbonyl (C=O) groups is 1. The van der Waals surface area contributed by atoms with Crippen molar-refractivity contribution in [2.45, 2.75) is 33.0 Å². The third-order valence-electron chi connectivity index (χ3n) is 3.62. The SMILES string of the molecule is CC(C)C(C)NC(=O)CN(c1cc(C(F)(F)F)ccc1Cl)S(C)(=O)=O. The molecule has 142 valence electrons. The van der Waals surface area contributed by atoms with Crippen LogP contribution >= 0.6 is 11.6 Å². The van der Waals surface area contributed by atoms with Crippen LogP contribution in [0, 0.1) is 5.92 Å². The quantitative estimate of drug-likeness (QED) is 0.796. The highest BCUT2D eigenvalue weighted by Crippen LogP contribution is 2.36. The maximum Gasteiger partial charge on any atom is 0.416 e. The molecular weight excluding hydrogens is 381 g/mol. The van der Waals surface area contributed by atoms with Crippen molar-refractivity contribution in [3.05, 3.63) is 28.8 Å². The second kappa shape index (κ2) is 7.82. The van der Waals surface area contributed by atoms with Crippen LogP contribution < -0.4 is 9.62 Å².